The van der Waals surface area contributed by atoms with Gasteiger partial charge in [0.1, 0.15) is 0 Å². The highest BCUT2D eigenvalue weighted by atomic mass is 16.4. The predicted octanol–water partition coefficient (Wildman–Crippen LogP) is 7.74. The maximum atomic E-state index is 13.9. The van der Waals surface area contributed by atoms with Crippen LogP contribution in [0.4, 0.5) is 0 Å². The standard InChI is InChI=1S/C46H64N8O4/c1-11-31-27(3)35-24-37-29(5)33(17-18-41(55)47-19-13-15-21-53(7)8)44(51-37)34(23-42(56)48-20-14-16-22-54(9)10)45-43(46(57)58)30(6)38(52-45)26-40-32(12-2)28(4)36(50-40)25-39(31)49-35/h11,24-26,29,33,49,52H,1,12-23H2,2-10H3,(H,47,55)(H,48,56)(H,57,58). The molecule has 2 aliphatic rings. The van der Waals surface area contributed by atoms with Crippen LogP contribution in [0, 0.1) is 13.8 Å². The van der Waals surface area contributed by atoms with Crippen molar-refractivity contribution in [3.63, 3.8) is 0 Å². The number of unbranched alkanes of at least 4 members (excludes halogenated alkanes) is 2. The summed E-state index contributed by atoms with van der Waals surface area (Å²) in [6.07, 6.45) is 6.86. The van der Waals surface area contributed by atoms with E-state index in [4.69, 9.17) is 9.97 Å². The van der Waals surface area contributed by atoms with Gasteiger partial charge in [0, 0.05) is 64.7 Å². The maximum Gasteiger partial charge on any atom is 0.338 e. The zero-order valence-electron chi connectivity index (χ0n) is 36.1. The zero-order valence-corrected chi connectivity index (χ0v) is 36.1. The fraction of sp³-hybridized carbons (Fsp3) is 0.500. The highest BCUT2D eigenvalue weighted by Crippen LogP contribution is 2.43. The van der Waals surface area contributed by atoms with Crippen molar-refractivity contribution in [1.29, 1.82) is 0 Å². The highest BCUT2D eigenvalue weighted by molar-refractivity contribution is 6.03. The van der Waals surface area contributed by atoms with Crippen LogP contribution in [0.2, 0.25) is 0 Å². The predicted molar refractivity (Wildman–Crippen MR) is 236 cm³/mol. The number of aromatic nitrogens is 4. The first-order valence-corrected chi connectivity index (χ1v) is 20.8. The van der Waals surface area contributed by atoms with Crippen molar-refractivity contribution in [3.05, 3.63) is 75.4 Å². The number of aromatic amines is 2. The molecule has 0 saturated carbocycles. The van der Waals surface area contributed by atoms with E-state index in [1.807, 2.05) is 40.3 Å². The van der Waals surface area contributed by atoms with Gasteiger partial charge in [-0.05, 0) is 141 Å². The smallest absolute Gasteiger partial charge is 0.338 e. The first-order chi connectivity index (χ1) is 27.6. The van der Waals surface area contributed by atoms with Gasteiger partial charge in [0.2, 0.25) is 11.8 Å². The van der Waals surface area contributed by atoms with Crippen LogP contribution in [0.15, 0.2) is 24.8 Å². The molecule has 58 heavy (non-hydrogen) atoms. The molecule has 312 valence electrons. The number of nitrogens with one attached hydrogen (secondary N) is 4. The number of hydrogen-bond donors (Lipinski definition) is 5. The van der Waals surface area contributed by atoms with E-state index in [0.29, 0.717) is 47.4 Å². The van der Waals surface area contributed by atoms with Crippen LogP contribution in [-0.2, 0) is 16.0 Å². The maximum absolute atomic E-state index is 13.9. The van der Waals surface area contributed by atoms with Crippen molar-refractivity contribution in [1.82, 2.24) is 40.4 Å². The third kappa shape index (κ3) is 10.1. The zero-order chi connectivity index (χ0) is 42.3. The molecule has 12 nitrogen and oxygen atoms in total. The van der Waals surface area contributed by atoms with Crippen LogP contribution in [0.5, 0.6) is 0 Å². The van der Waals surface area contributed by atoms with Gasteiger partial charge in [0.25, 0.3) is 0 Å². The monoisotopic (exact) mass is 793 g/mol. The number of rotatable bonds is 18. The molecule has 5 N–H and O–H groups in total. The lowest BCUT2D eigenvalue weighted by atomic mass is 9.84. The summed E-state index contributed by atoms with van der Waals surface area (Å²) >= 11 is 0. The SMILES string of the molecule is C=Cc1c(C)c2cc3nc(c(CC(=O)NCCCCN(C)C)c4[nH]c(cc5nc(cc1[nH]2)C(C)=C5CC)c(C)c4C(=O)O)C(CCC(=O)NCCCCN(C)C)C3C. The minimum atomic E-state index is -1.10. The lowest BCUT2D eigenvalue weighted by molar-refractivity contribution is -0.121. The summed E-state index contributed by atoms with van der Waals surface area (Å²) in [4.78, 5) is 62.2. The summed E-state index contributed by atoms with van der Waals surface area (Å²) in [5, 5.41) is 17.0. The number of carboxylic acids is 1. The summed E-state index contributed by atoms with van der Waals surface area (Å²) < 4.78 is 0. The molecule has 8 bridgehead atoms. The van der Waals surface area contributed by atoms with Crippen molar-refractivity contribution in [2.75, 3.05) is 54.4 Å². The van der Waals surface area contributed by atoms with Crippen molar-refractivity contribution in [2.24, 2.45) is 0 Å². The van der Waals surface area contributed by atoms with Gasteiger partial charge in [-0.25, -0.2) is 9.78 Å². The molecule has 3 aromatic rings. The average Bonchev–Trinajstić information content (AvgIpc) is 3.85. The lowest BCUT2D eigenvalue weighted by Crippen LogP contribution is -2.28. The first kappa shape index (κ1) is 44.0. The number of amides is 2. The Bertz CT molecular complexity index is 2230. The number of hydrogen-bond acceptors (Lipinski definition) is 7. The number of nitrogens with zero attached hydrogens (tertiary/aromatic N) is 4. The molecular formula is C46H64N8O4. The lowest BCUT2D eigenvalue weighted by Gasteiger charge is -2.18. The van der Waals surface area contributed by atoms with E-state index in [1.54, 1.807) is 6.92 Å². The summed E-state index contributed by atoms with van der Waals surface area (Å²) in [5.41, 5.74) is 11.0. The second-order valence-electron chi connectivity index (χ2n) is 16.4. The fourth-order valence-corrected chi connectivity index (χ4v) is 8.26. The number of aryl methyl sites for hydroxylation is 2. The van der Waals surface area contributed by atoms with E-state index >= 15 is 0 Å². The number of carboxylic acid groups (broad SMARTS) is 1. The third-order valence-electron chi connectivity index (χ3n) is 11.7. The fourth-order valence-electron chi connectivity index (χ4n) is 8.26. The second kappa shape index (κ2) is 19.6. The molecule has 5 heterocycles. The van der Waals surface area contributed by atoms with Crippen LogP contribution in [0.1, 0.15) is 133 Å². The number of carbonyl (C=O) groups excluding carboxylic acids is 2. The van der Waals surface area contributed by atoms with Crippen LogP contribution in [-0.4, -0.2) is 107 Å². The Labute approximate surface area is 343 Å². The third-order valence-corrected chi connectivity index (χ3v) is 11.7. The van der Waals surface area contributed by atoms with Gasteiger partial charge in [0.05, 0.1) is 34.6 Å². The van der Waals surface area contributed by atoms with Gasteiger partial charge in [-0.3, -0.25) is 14.6 Å². The van der Waals surface area contributed by atoms with Crippen LogP contribution < -0.4 is 10.6 Å². The molecule has 12 heteroatoms. The number of carbonyl (C=O) groups is 3. The van der Waals surface area contributed by atoms with Crippen LogP contribution in [0.3, 0.4) is 0 Å². The van der Waals surface area contributed by atoms with Crippen molar-refractivity contribution in [2.45, 2.75) is 97.8 Å². The molecule has 2 amide bonds. The van der Waals surface area contributed by atoms with E-state index in [0.717, 1.165) is 95.6 Å². The molecule has 0 aliphatic carbocycles. The Morgan fingerprint density at radius 1 is 0.845 bits per heavy atom. The molecule has 0 fully saturated rings. The minimum Gasteiger partial charge on any atom is -0.478 e. The van der Waals surface area contributed by atoms with E-state index in [2.05, 4.69) is 76.8 Å². The van der Waals surface area contributed by atoms with Crippen molar-refractivity contribution in [3.8, 4) is 0 Å². The van der Waals surface area contributed by atoms with Crippen molar-refractivity contribution >= 4 is 57.1 Å². The molecule has 2 aliphatic heterocycles. The summed E-state index contributed by atoms with van der Waals surface area (Å²) in [7, 11) is 8.13. The molecule has 0 aromatic carbocycles. The Morgan fingerprint density at radius 3 is 2.07 bits per heavy atom. The number of aromatic carboxylic acids is 1. The van der Waals surface area contributed by atoms with E-state index < -0.39 is 5.97 Å². The van der Waals surface area contributed by atoms with Gasteiger partial charge < -0.3 is 35.5 Å². The Morgan fingerprint density at radius 2 is 1.47 bits per heavy atom. The summed E-state index contributed by atoms with van der Waals surface area (Å²) in [6.45, 7) is 17.2. The quantitative estimate of drug-likeness (QED) is 0.0819. The first-order valence-electron chi connectivity index (χ1n) is 20.8. The Kier molecular flexibility index (Phi) is 14.9. The van der Waals surface area contributed by atoms with Crippen LogP contribution in [0.25, 0.3) is 39.3 Å². The van der Waals surface area contributed by atoms with Gasteiger partial charge in [-0.15, -0.1) is 0 Å². The largest absolute Gasteiger partial charge is 0.478 e. The number of allylic oxidation sites excluding steroid dienone is 2. The molecular weight excluding hydrogens is 729 g/mol. The molecule has 5 rings (SSSR count). The molecule has 2 atom stereocenters. The molecule has 0 saturated heterocycles. The normalized spacial score (nSPS) is 15.4. The number of fused-ring (bicyclic) bond motifs is 8. The van der Waals surface area contributed by atoms with Gasteiger partial charge in [-0.1, -0.05) is 26.5 Å². The second-order valence-corrected chi connectivity index (χ2v) is 16.4. The average molecular weight is 793 g/mol. The van der Waals surface area contributed by atoms with E-state index in [1.165, 1.54) is 0 Å². The molecule has 2 unspecified atom stereocenters. The molecule has 3 aromatic heterocycles. The topological polar surface area (TPSA) is 159 Å². The van der Waals surface area contributed by atoms with Crippen molar-refractivity contribution < 1.29 is 19.5 Å². The summed E-state index contributed by atoms with van der Waals surface area (Å²) in [6, 6.07) is 6.03. The van der Waals surface area contributed by atoms with E-state index in [-0.39, 0.29) is 42.1 Å². The summed E-state index contributed by atoms with van der Waals surface area (Å²) in [5.74, 6) is -1.77. The molecule has 0 spiro atoms. The Hall–Kier alpha value is -5.07. The van der Waals surface area contributed by atoms with Gasteiger partial charge >= 0.3 is 5.97 Å². The molecule has 0 radical (unpaired) electrons. The highest BCUT2D eigenvalue weighted by Gasteiger charge is 2.33. The van der Waals surface area contributed by atoms with Crippen LogP contribution >= 0.6 is 0 Å². The van der Waals surface area contributed by atoms with E-state index in [9.17, 15) is 19.5 Å². The van der Waals surface area contributed by atoms with Gasteiger partial charge in [0.15, 0.2) is 0 Å². The van der Waals surface area contributed by atoms with Gasteiger partial charge in [-0.2, -0.15) is 0 Å². The minimum absolute atomic E-state index is 0.0394. The number of H-pyrrole nitrogens is 2. The Balaban J connectivity index is 1.75.